The van der Waals surface area contributed by atoms with E-state index in [1.807, 2.05) is 0 Å². The lowest BCUT2D eigenvalue weighted by molar-refractivity contribution is -0.142. The number of carbonyl (C=O) groups is 19. The summed E-state index contributed by atoms with van der Waals surface area (Å²) < 4.78 is 0. The number of aromatic amines is 2. The Morgan fingerprint density at radius 2 is 0.604 bits per heavy atom. The Hall–Kier alpha value is -15.6. The van der Waals surface area contributed by atoms with E-state index in [1.165, 1.54) is 70.1 Å². The maximum atomic E-state index is 14.9. The van der Waals surface area contributed by atoms with Gasteiger partial charge in [0.05, 0.1) is 50.3 Å². The van der Waals surface area contributed by atoms with Gasteiger partial charge in [0.2, 0.25) is 106 Å². The number of carbonyl (C=O) groups excluding carboxylic acids is 18. The third-order valence-corrected chi connectivity index (χ3v) is 22.4. The first-order chi connectivity index (χ1) is 70.1. The van der Waals surface area contributed by atoms with E-state index in [-0.39, 0.29) is 158 Å². The zero-order chi connectivity index (χ0) is 112. The van der Waals surface area contributed by atoms with Crippen LogP contribution in [0.2, 0.25) is 0 Å². The number of guanidine groups is 4. The van der Waals surface area contributed by atoms with Crippen LogP contribution in [-0.4, -0.2) is 320 Å². The molecule has 0 saturated carbocycles. The Kier molecular flexibility index (Phi) is 56.9. The molecule has 41 N–H and O–H groups in total. The number of nitrogens with one attached hydrogen (secondary N) is 28. The smallest absolute Gasteiger partial charge is 0.326 e. The van der Waals surface area contributed by atoms with E-state index < -0.39 is 259 Å². The number of hydrogen-bond donors (Lipinski definition) is 36. The molecule has 0 saturated heterocycles. The number of imidazole rings is 2. The van der Waals surface area contributed by atoms with Crippen molar-refractivity contribution in [2.75, 3.05) is 52.4 Å². The molecule has 0 spiro atoms. The number of aliphatic hydroxyl groups is 1. The number of aliphatic carboxylic acids is 1. The fraction of sp³-hybridized carbons (Fsp3) is 0.620. The van der Waals surface area contributed by atoms with Crippen LogP contribution in [0.3, 0.4) is 0 Å². The zero-order valence-corrected chi connectivity index (χ0v) is 86.4. The largest absolute Gasteiger partial charge is 0.508 e. The van der Waals surface area contributed by atoms with Gasteiger partial charge in [-0.15, -0.1) is 0 Å². The Morgan fingerprint density at radius 3 is 0.973 bits per heavy atom. The molecule has 0 aliphatic rings. The summed E-state index contributed by atoms with van der Waals surface area (Å²) in [5.41, 5.74) is 28.3. The molecule has 3 aromatic rings. The minimum absolute atomic E-state index is 0.00204. The summed E-state index contributed by atoms with van der Waals surface area (Å²) in [7, 11) is 0. The lowest BCUT2D eigenvalue weighted by Crippen LogP contribution is -2.61. The molecule has 0 radical (unpaired) electrons. The number of carboxylic acids is 1. The minimum Gasteiger partial charge on any atom is -0.508 e. The molecule has 830 valence electrons. The fourth-order valence-electron chi connectivity index (χ4n) is 14.7. The Morgan fingerprint density at radius 1 is 0.322 bits per heavy atom. The SMILES string of the molecule is CC(C)C[C@H](NC(=O)CNC(=O)[C@H](CCCNC(=N)N)NC(=O)[C@H](C)NC(=O)[C@H](C)NC(=O)[C@H](CCCNC(=N)N)NC(=O)[C@H](CC(C)C)NC(=O)[C@@H](NC(=O)[C@H](CC(C)C)NC(=O)[C@H](C)NC(=O)[C@H](CO)NC(=O)[C@H](CCCNC(=N)N)NC(=O)CNC(=O)CN)C(C)C)C(=O)N[C@@H](Cc1ccc(O)cc1)C(=O)N[C@@H](CCCNC(=N)N)C(=O)N[C@@H](CC(C)C)C(=O)N[C@@H](Cc1c[nH]cn1)C(=O)N[C@@H](Cc1c[nH]cn1)C(=O)O. The topological polar surface area (TPSA) is 933 Å². The second kappa shape index (κ2) is 66.5. The molecule has 0 aliphatic heterocycles. The molecular formula is C92H155N35O22. The van der Waals surface area contributed by atoms with Crippen LogP contribution in [0.15, 0.2) is 49.3 Å². The third-order valence-electron chi connectivity index (χ3n) is 22.4. The van der Waals surface area contributed by atoms with Gasteiger partial charge in [-0.1, -0.05) is 81.4 Å². The molecule has 18 amide bonds. The average Bonchev–Trinajstić information content (AvgIpc) is 1.61. The van der Waals surface area contributed by atoms with Crippen molar-refractivity contribution in [3.63, 3.8) is 0 Å². The first-order valence-corrected chi connectivity index (χ1v) is 49.1. The number of rotatable bonds is 69. The molecule has 57 nitrogen and oxygen atoms in total. The number of aromatic hydroxyl groups is 1. The third kappa shape index (κ3) is 50.8. The lowest BCUT2D eigenvalue weighted by atomic mass is 9.98. The highest BCUT2D eigenvalue weighted by atomic mass is 16.4. The van der Waals surface area contributed by atoms with Gasteiger partial charge in [-0.2, -0.15) is 0 Å². The number of carboxylic acid groups (broad SMARTS) is 1. The van der Waals surface area contributed by atoms with E-state index in [4.69, 9.17) is 50.3 Å². The molecule has 2 aromatic heterocycles. The highest BCUT2D eigenvalue weighted by Crippen LogP contribution is 2.18. The van der Waals surface area contributed by atoms with E-state index in [1.54, 1.807) is 69.2 Å². The van der Waals surface area contributed by atoms with E-state index >= 15 is 0 Å². The van der Waals surface area contributed by atoms with Crippen LogP contribution >= 0.6 is 0 Å². The second-order valence-corrected chi connectivity index (χ2v) is 37.8. The molecule has 0 bridgehead atoms. The fourth-order valence-corrected chi connectivity index (χ4v) is 14.7. The maximum Gasteiger partial charge on any atom is 0.326 e. The zero-order valence-electron chi connectivity index (χ0n) is 86.4. The molecule has 3 rings (SSSR count). The van der Waals surface area contributed by atoms with E-state index in [0.717, 1.165) is 0 Å². The second-order valence-electron chi connectivity index (χ2n) is 37.8. The average molecular weight is 2100 g/mol. The molecule has 16 atom stereocenters. The summed E-state index contributed by atoms with van der Waals surface area (Å²) in [6.45, 7) is 18.0. The Balaban J connectivity index is 1.86. The maximum absolute atomic E-state index is 14.9. The van der Waals surface area contributed by atoms with Gasteiger partial charge >= 0.3 is 5.97 Å². The van der Waals surface area contributed by atoms with Crippen LogP contribution in [0, 0.1) is 51.2 Å². The highest BCUT2D eigenvalue weighted by molar-refractivity contribution is 6.02. The van der Waals surface area contributed by atoms with Crippen LogP contribution in [0.5, 0.6) is 5.75 Å². The monoisotopic (exact) mass is 2100 g/mol. The van der Waals surface area contributed by atoms with Crippen molar-refractivity contribution in [3.05, 3.63) is 66.3 Å². The van der Waals surface area contributed by atoms with Crippen molar-refractivity contribution in [2.24, 2.45) is 58.3 Å². The first-order valence-electron chi connectivity index (χ1n) is 49.1. The van der Waals surface area contributed by atoms with E-state index in [9.17, 15) is 106 Å². The van der Waals surface area contributed by atoms with E-state index in [2.05, 4.69) is 137 Å². The minimum atomic E-state index is -1.71. The number of aromatic nitrogens is 4. The van der Waals surface area contributed by atoms with Gasteiger partial charge in [-0.3, -0.25) is 108 Å². The summed E-state index contributed by atoms with van der Waals surface area (Å²) in [4.78, 5) is 279. The molecule has 0 aliphatic carbocycles. The number of hydrogen-bond acceptors (Lipinski definition) is 28. The van der Waals surface area contributed by atoms with Crippen molar-refractivity contribution in [1.29, 1.82) is 21.6 Å². The van der Waals surface area contributed by atoms with Crippen LogP contribution in [0.4, 0.5) is 0 Å². The predicted octanol–water partition coefficient (Wildman–Crippen LogP) is -9.16. The van der Waals surface area contributed by atoms with Crippen LogP contribution in [0.1, 0.15) is 184 Å². The summed E-state index contributed by atoms with van der Waals surface area (Å²) >= 11 is 0. The van der Waals surface area contributed by atoms with Crippen LogP contribution in [0.25, 0.3) is 0 Å². The summed E-state index contributed by atoms with van der Waals surface area (Å²) in [5.74, 6) is -21.7. The molecule has 0 unspecified atom stereocenters. The number of benzene rings is 1. The van der Waals surface area contributed by atoms with Gasteiger partial charge in [0, 0.05) is 57.8 Å². The van der Waals surface area contributed by atoms with Crippen molar-refractivity contribution in [2.45, 2.75) is 283 Å². The molecule has 149 heavy (non-hydrogen) atoms. The van der Waals surface area contributed by atoms with E-state index in [0.29, 0.717) is 17.0 Å². The molecular weight excluding hydrogens is 1950 g/mol. The van der Waals surface area contributed by atoms with Crippen LogP contribution in [-0.2, 0) is 110 Å². The number of nitrogens with two attached hydrogens (primary N) is 5. The molecule has 0 fully saturated rings. The quantitative estimate of drug-likeness (QED) is 0.0142. The van der Waals surface area contributed by atoms with Gasteiger partial charge in [0.25, 0.3) is 0 Å². The van der Waals surface area contributed by atoms with Gasteiger partial charge in [-0.25, -0.2) is 14.8 Å². The summed E-state index contributed by atoms with van der Waals surface area (Å²) in [6.07, 6.45) is 4.21. The van der Waals surface area contributed by atoms with Gasteiger partial charge in [-0.05, 0) is 145 Å². The number of phenolic OH excluding ortho intramolecular Hbond substituents is 1. The molecule has 2 heterocycles. The number of amides is 18. The lowest BCUT2D eigenvalue weighted by Gasteiger charge is -2.29. The van der Waals surface area contributed by atoms with Crippen LogP contribution < -0.4 is 146 Å². The number of aliphatic hydroxyl groups excluding tert-OH is 1. The number of phenols is 1. The first kappa shape index (κ1) is 128. The predicted molar refractivity (Wildman–Crippen MR) is 543 cm³/mol. The van der Waals surface area contributed by atoms with Crippen molar-refractivity contribution in [1.82, 2.24) is 137 Å². The number of nitrogens with zero attached hydrogens (tertiary/aromatic N) is 2. The normalized spacial score (nSPS) is 14.3. The Bertz CT molecular complexity index is 4950. The van der Waals surface area contributed by atoms with Crippen molar-refractivity contribution >= 4 is 136 Å². The van der Waals surface area contributed by atoms with Gasteiger partial charge in [0.1, 0.15) is 102 Å². The summed E-state index contributed by atoms with van der Waals surface area (Å²) in [5, 5.41) is 117. The number of H-pyrrole nitrogens is 2. The van der Waals surface area contributed by atoms with Crippen molar-refractivity contribution in [3.8, 4) is 5.75 Å². The van der Waals surface area contributed by atoms with Crippen molar-refractivity contribution < 1.29 is 106 Å². The molecule has 57 heteroatoms. The summed E-state index contributed by atoms with van der Waals surface area (Å²) in [6, 6.07) is -18.1. The van der Waals surface area contributed by atoms with Gasteiger partial charge < -0.3 is 171 Å². The van der Waals surface area contributed by atoms with Gasteiger partial charge in [0.15, 0.2) is 23.8 Å². The molecule has 1 aromatic carbocycles. The highest BCUT2D eigenvalue weighted by Gasteiger charge is 2.40. The Labute approximate surface area is 863 Å². The standard InChI is InChI=1S/C92H155N35O22/c1-45(2)30-61(80(140)122-65(34-53-22-24-56(129)25-23-53)83(143)119-60(21-17-29-107-92(100)101)79(139)121-62(31-46(3)4)82(142)123-66(35-54-38-102-43-110-54)84(144)125-67(88(148)149)36-55-39-103-44-111-55)116-71(132)41-109-76(136)57(18-14-26-104-89(94)95)117-74(134)51(12)112-73(133)50(11)113-77(137)59(20-16-28-106-91(98)99)118-81(141)63(32-47(5)6)124-87(147)72(49(9)10)127-85(145)64(33-48(7)8)120-75(135)52(13)114-86(146)68(42-128)126-78(138)58(19-15-27-105-90(96)97)115-70(131)40-108-69(130)37-93/h22-25,38-39,43-52,57-68,72,128-129H,14-21,26-37,40-42,93H2,1-13H3,(H,102,110)(H,103,111)(H,108,130)(H,109,136)(H,112,133)(H,113,137)(H,114,146)(H,115,131)(H,116,132)(H,117,134)(H,118,141)(H,119,143)(H,120,135)(H,121,139)(H,122,140)(H,123,142)(H,124,147)(H,125,144)(H,126,138)(H,127,145)(H,148,149)(H4,94,95,104)(H4,96,97,105)(H4,98,99,106)(H4,100,101,107)/t50-,51-,52-,57-,58-,59-,60-,61-,62-,63-,64-,65-,66-,67-,68-,72-/m0/s1.